The van der Waals surface area contributed by atoms with Gasteiger partial charge in [0.1, 0.15) is 12.9 Å². The summed E-state index contributed by atoms with van der Waals surface area (Å²) in [6, 6.07) is 11.8. The van der Waals surface area contributed by atoms with Crippen molar-refractivity contribution in [3.8, 4) is 0 Å². The first-order chi connectivity index (χ1) is 10.6. The van der Waals surface area contributed by atoms with Gasteiger partial charge in [-0.3, -0.25) is 4.79 Å². The molecule has 22 heavy (non-hydrogen) atoms. The molecule has 2 aromatic carbocycles. The molecule has 0 radical (unpaired) electrons. The minimum absolute atomic E-state index is 0.212. The molecule has 0 saturated carbocycles. The maximum atomic E-state index is 13.4. The minimum Gasteiger partial charge on any atom is -0.399 e. The number of benzene rings is 2. The number of carbonyl (C=O) groups excluding carboxylic acids is 1. The highest BCUT2D eigenvalue weighted by molar-refractivity contribution is 5.94. The third kappa shape index (κ3) is 4.15. The fourth-order valence-corrected chi connectivity index (χ4v) is 1.86. The molecule has 5 heteroatoms. The third-order valence-electron chi connectivity index (χ3n) is 3.17. The summed E-state index contributed by atoms with van der Waals surface area (Å²) in [5.41, 5.74) is 2.67. The number of aryl methyl sites for hydroxylation is 1. The Morgan fingerprint density at radius 2 is 2.00 bits per heavy atom. The van der Waals surface area contributed by atoms with Gasteiger partial charge in [-0.2, -0.15) is 0 Å². The Morgan fingerprint density at radius 3 is 2.64 bits per heavy atom. The first-order valence-electron chi connectivity index (χ1n) is 6.80. The Balaban J connectivity index is 1.97. The van der Waals surface area contributed by atoms with Gasteiger partial charge in [-0.1, -0.05) is 29.4 Å². The van der Waals surface area contributed by atoms with Crippen molar-refractivity contribution in [2.75, 3.05) is 7.11 Å². The van der Waals surface area contributed by atoms with Gasteiger partial charge in [0.05, 0.1) is 6.21 Å². The number of halogens is 1. The summed E-state index contributed by atoms with van der Waals surface area (Å²) >= 11 is 0. The summed E-state index contributed by atoms with van der Waals surface area (Å²) in [6.45, 7) is 1.98. The van der Waals surface area contributed by atoms with Gasteiger partial charge < -0.3 is 10.2 Å². The van der Waals surface area contributed by atoms with E-state index in [2.05, 4.69) is 15.3 Å². The van der Waals surface area contributed by atoms with Crippen LogP contribution in [0.5, 0.6) is 0 Å². The van der Waals surface area contributed by atoms with E-state index in [4.69, 9.17) is 0 Å². The lowest BCUT2D eigenvalue weighted by molar-refractivity contribution is 0.0951. The Hall–Kier alpha value is -2.69. The second-order valence-electron chi connectivity index (χ2n) is 4.81. The van der Waals surface area contributed by atoms with Crippen LogP contribution in [0.3, 0.4) is 0 Å². The van der Waals surface area contributed by atoms with Crippen LogP contribution in [0.25, 0.3) is 0 Å². The van der Waals surface area contributed by atoms with Crippen molar-refractivity contribution in [2.45, 2.75) is 13.5 Å². The molecule has 0 heterocycles. The second-order valence-corrected chi connectivity index (χ2v) is 4.81. The van der Waals surface area contributed by atoms with Crippen LogP contribution in [0.4, 0.5) is 4.39 Å². The van der Waals surface area contributed by atoms with Gasteiger partial charge in [0, 0.05) is 12.1 Å². The summed E-state index contributed by atoms with van der Waals surface area (Å²) in [6.07, 6.45) is 1.55. The van der Waals surface area contributed by atoms with Crippen molar-refractivity contribution in [2.24, 2.45) is 5.16 Å². The summed E-state index contributed by atoms with van der Waals surface area (Å²) in [7, 11) is 1.46. The lowest BCUT2D eigenvalue weighted by Crippen LogP contribution is -2.22. The zero-order valence-corrected chi connectivity index (χ0v) is 12.5. The largest absolute Gasteiger partial charge is 0.399 e. The second kappa shape index (κ2) is 7.36. The van der Waals surface area contributed by atoms with Gasteiger partial charge >= 0.3 is 0 Å². The summed E-state index contributed by atoms with van der Waals surface area (Å²) < 4.78 is 13.4. The third-order valence-corrected chi connectivity index (χ3v) is 3.17. The molecule has 0 aliphatic rings. The van der Waals surface area contributed by atoms with E-state index in [1.807, 2.05) is 0 Å². The smallest absolute Gasteiger partial charge is 0.251 e. The molecule has 0 spiro atoms. The van der Waals surface area contributed by atoms with E-state index < -0.39 is 0 Å². The predicted molar refractivity (Wildman–Crippen MR) is 83.4 cm³/mol. The maximum absolute atomic E-state index is 13.4. The van der Waals surface area contributed by atoms with Crippen LogP contribution in [-0.2, 0) is 11.4 Å². The molecule has 0 aliphatic heterocycles. The zero-order chi connectivity index (χ0) is 15.9. The minimum atomic E-state index is -0.270. The first-order valence-corrected chi connectivity index (χ1v) is 6.80. The quantitative estimate of drug-likeness (QED) is 0.681. The normalized spacial score (nSPS) is 10.7. The van der Waals surface area contributed by atoms with Crippen molar-refractivity contribution >= 4 is 12.1 Å². The summed E-state index contributed by atoms with van der Waals surface area (Å²) in [4.78, 5) is 16.6. The number of nitrogens with zero attached hydrogens (tertiary/aromatic N) is 1. The molecule has 0 aromatic heterocycles. The van der Waals surface area contributed by atoms with Crippen molar-refractivity contribution in [1.82, 2.24) is 5.32 Å². The van der Waals surface area contributed by atoms with Gasteiger partial charge in [-0.05, 0) is 41.8 Å². The topological polar surface area (TPSA) is 50.7 Å². The van der Waals surface area contributed by atoms with Crippen molar-refractivity contribution in [1.29, 1.82) is 0 Å². The van der Waals surface area contributed by atoms with E-state index >= 15 is 0 Å². The monoisotopic (exact) mass is 300 g/mol. The molecule has 4 nitrogen and oxygen atoms in total. The van der Waals surface area contributed by atoms with Crippen LogP contribution < -0.4 is 5.32 Å². The molecule has 114 valence electrons. The van der Waals surface area contributed by atoms with E-state index in [0.29, 0.717) is 11.1 Å². The highest BCUT2D eigenvalue weighted by Crippen LogP contribution is 2.09. The van der Waals surface area contributed by atoms with Gasteiger partial charge in [-0.15, -0.1) is 0 Å². The molecule has 2 rings (SSSR count). The highest BCUT2D eigenvalue weighted by Gasteiger charge is 2.06. The standard InChI is InChI=1S/C17H17FN2O2/c1-12-3-4-14(9-16(12)18)10-19-17(21)15-7-5-13(6-8-15)11-20-22-2/h3-9,11H,10H2,1-2H3,(H,19,21)/b20-11+. The lowest BCUT2D eigenvalue weighted by atomic mass is 10.1. The molecule has 1 N–H and O–H groups in total. The average Bonchev–Trinajstić information content (AvgIpc) is 2.54. The van der Waals surface area contributed by atoms with E-state index in [-0.39, 0.29) is 18.3 Å². The van der Waals surface area contributed by atoms with Crippen LogP contribution in [0, 0.1) is 12.7 Å². The predicted octanol–water partition coefficient (Wildman–Crippen LogP) is 3.04. The molecule has 0 atom stereocenters. The van der Waals surface area contributed by atoms with Crippen molar-refractivity contribution in [3.63, 3.8) is 0 Å². The summed E-state index contributed by atoms with van der Waals surface area (Å²) in [5, 5.41) is 6.41. The molecular weight excluding hydrogens is 283 g/mol. The van der Waals surface area contributed by atoms with Crippen LogP contribution in [0.15, 0.2) is 47.6 Å². The van der Waals surface area contributed by atoms with E-state index in [1.54, 1.807) is 49.5 Å². The number of rotatable bonds is 5. The SMILES string of the molecule is CO/N=C/c1ccc(C(=O)NCc2ccc(C)c(F)c2)cc1. The molecule has 0 aliphatic carbocycles. The molecule has 0 bridgehead atoms. The molecule has 0 unspecified atom stereocenters. The first kappa shape index (κ1) is 15.7. The highest BCUT2D eigenvalue weighted by atomic mass is 19.1. The number of oxime groups is 1. The zero-order valence-electron chi connectivity index (χ0n) is 12.5. The van der Waals surface area contributed by atoms with Crippen LogP contribution in [0.1, 0.15) is 27.0 Å². The fourth-order valence-electron chi connectivity index (χ4n) is 1.86. The van der Waals surface area contributed by atoms with Gasteiger partial charge in [0.25, 0.3) is 5.91 Å². The number of amides is 1. The Labute approximate surface area is 128 Å². The van der Waals surface area contributed by atoms with E-state index in [9.17, 15) is 9.18 Å². The van der Waals surface area contributed by atoms with Crippen molar-refractivity contribution in [3.05, 3.63) is 70.5 Å². The lowest BCUT2D eigenvalue weighted by Gasteiger charge is -2.07. The van der Waals surface area contributed by atoms with E-state index in [0.717, 1.165) is 11.1 Å². The van der Waals surface area contributed by atoms with Gasteiger partial charge in [0.2, 0.25) is 0 Å². The maximum Gasteiger partial charge on any atom is 0.251 e. The number of nitrogens with one attached hydrogen (secondary N) is 1. The van der Waals surface area contributed by atoms with Crippen LogP contribution >= 0.6 is 0 Å². The molecule has 0 fully saturated rings. The molecule has 1 amide bonds. The summed E-state index contributed by atoms with van der Waals surface area (Å²) in [5.74, 6) is -0.482. The number of hydrogen-bond acceptors (Lipinski definition) is 3. The van der Waals surface area contributed by atoms with Crippen LogP contribution in [-0.4, -0.2) is 19.2 Å². The van der Waals surface area contributed by atoms with Gasteiger partial charge in [-0.25, -0.2) is 4.39 Å². The van der Waals surface area contributed by atoms with Gasteiger partial charge in [0.15, 0.2) is 0 Å². The average molecular weight is 300 g/mol. The number of hydrogen-bond donors (Lipinski definition) is 1. The molecular formula is C17H17FN2O2. The molecule has 0 saturated heterocycles. The Bertz CT molecular complexity index is 682. The van der Waals surface area contributed by atoms with Crippen molar-refractivity contribution < 1.29 is 14.0 Å². The Morgan fingerprint density at radius 1 is 1.27 bits per heavy atom. The van der Waals surface area contributed by atoms with Crippen LogP contribution in [0.2, 0.25) is 0 Å². The Kier molecular flexibility index (Phi) is 5.25. The molecule has 2 aromatic rings. The fraction of sp³-hybridized carbons (Fsp3) is 0.176. The number of carbonyl (C=O) groups is 1. The van der Waals surface area contributed by atoms with E-state index in [1.165, 1.54) is 13.2 Å².